The maximum atomic E-state index is 13.0. The van der Waals surface area contributed by atoms with E-state index in [1.54, 1.807) is 25.4 Å². The van der Waals surface area contributed by atoms with Gasteiger partial charge >= 0.3 is 0 Å². The predicted octanol–water partition coefficient (Wildman–Crippen LogP) is 2.16. The van der Waals surface area contributed by atoms with Gasteiger partial charge in [-0.25, -0.2) is 4.98 Å². The van der Waals surface area contributed by atoms with Crippen LogP contribution >= 0.6 is 0 Å². The zero-order valence-corrected chi connectivity index (χ0v) is 17.5. The van der Waals surface area contributed by atoms with Gasteiger partial charge in [0.05, 0.1) is 24.6 Å². The topological polar surface area (TPSA) is 88.8 Å². The van der Waals surface area contributed by atoms with E-state index in [-0.39, 0.29) is 17.9 Å². The number of amides is 2. The lowest BCUT2D eigenvalue weighted by Crippen LogP contribution is -2.37. The molecule has 7 nitrogen and oxygen atoms in total. The molecule has 158 valence electrons. The average molecular weight is 409 g/mol. The smallest absolute Gasteiger partial charge is 0.252 e. The number of fused-ring (bicyclic) bond motifs is 1. The number of carbonyl (C=O) groups is 2. The van der Waals surface area contributed by atoms with Crippen molar-refractivity contribution in [2.75, 3.05) is 38.3 Å². The molecule has 30 heavy (non-hydrogen) atoms. The number of rotatable bonds is 6. The van der Waals surface area contributed by atoms with Crippen LogP contribution in [0.2, 0.25) is 0 Å². The highest BCUT2D eigenvalue weighted by atomic mass is 16.5. The van der Waals surface area contributed by atoms with Crippen molar-refractivity contribution in [2.24, 2.45) is 17.6 Å². The summed E-state index contributed by atoms with van der Waals surface area (Å²) in [5, 5.41) is 0. The fourth-order valence-electron chi connectivity index (χ4n) is 4.97. The van der Waals surface area contributed by atoms with Gasteiger partial charge in [0.1, 0.15) is 5.82 Å². The van der Waals surface area contributed by atoms with Gasteiger partial charge in [0.15, 0.2) is 0 Å². The largest absolute Gasteiger partial charge is 0.384 e. The second kappa shape index (κ2) is 8.44. The summed E-state index contributed by atoms with van der Waals surface area (Å²) >= 11 is 0. The molecule has 1 aromatic carbocycles. The van der Waals surface area contributed by atoms with Crippen LogP contribution in [0.1, 0.15) is 33.9 Å². The highest BCUT2D eigenvalue weighted by molar-refractivity contribution is 5.97. The Morgan fingerprint density at radius 1 is 1.17 bits per heavy atom. The summed E-state index contributed by atoms with van der Waals surface area (Å²) in [5.41, 5.74) is 8.39. The van der Waals surface area contributed by atoms with Gasteiger partial charge in [0.25, 0.3) is 5.91 Å². The molecule has 0 saturated carbocycles. The summed E-state index contributed by atoms with van der Waals surface area (Å²) in [6, 6.07) is 11.7. The minimum absolute atomic E-state index is 0.00583. The third-order valence-electron chi connectivity index (χ3n) is 6.36. The van der Waals surface area contributed by atoms with Crippen molar-refractivity contribution in [3.8, 4) is 0 Å². The third-order valence-corrected chi connectivity index (χ3v) is 6.36. The lowest BCUT2D eigenvalue weighted by atomic mass is 9.87. The van der Waals surface area contributed by atoms with Gasteiger partial charge in [0, 0.05) is 44.8 Å². The number of primary amides is 1. The number of aromatic nitrogens is 1. The van der Waals surface area contributed by atoms with E-state index in [1.165, 1.54) is 11.1 Å². The van der Waals surface area contributed by atoms with Gasteiger partial charge in [-0.3, -0.25) is 9.59 Å². The number of methoxy groups -OCH3 is 1. The third kappa shape index (κ3) is 3.65. The van der Waals surface area contributed by atoms with E-state index in [1.807, 2.05) is 17.0 Å². The van der Waals surface area contributed by atoms with Crippen molar-refractivity contribution in [3.63, 3.8) is 0 Å². The first kappa shape index (κ1) is 20.3. The standard InChI is InChI=1S/C23H28N4O3/c1-15-6-3-4-7-17(15)21-19-14-26(23-18(22(24)29)8-5-10-25-23)12-16(19)13-27(21)20(28)9-11-30-2/h3-8,10,16,19,21H,9,11-14H2,1-2H3,(H2,24,29)/t16-,19-,21+/m0/s1. The number of nitrogens with two attached hydrogens (primary N) is 1. The number of ether oxygens (including phenoxy) is 1. The molecule has 2 N–H and O–H groups in total. The summed E-state index contributed by atoms with van der Waals surface area (Å²) in [4.78, 5) is 33.5. The fraction of sp³-hybridized carbons (Fsp3) is 0.435. The number of hydrogen-bond acceptors (Lipinski definition) is 5. The van der Waals surface area contributed by atoms with Crippen LogP contribution in [0.15, 0.2) is 42.6 Å². The zero-order valence-electron chi connectivity index (χ0n) is 17.5. The molecule has 0 bridgehead atoms. The van der Waals surface area contributed by atoms with E-state index >= 15 is 0 Å². The first-order chi connectivity index (χ1) is 14.5. The molecule has 0 spiro atoms. The second-order valence-corrected chi connectivity index (χ2v) is 8.16. The molecular weight excluding hydrogens is 380 g/mol. The van der Waals surface area contributed by atoms with Gasteiger partial charge in [-0.1, -0.05) is 24.3 Å². The lowest BCUT2D eigenvalue weighted by molar-refractivity contribution is -0.133. The second-order valence-electron chi connectivity index (χ2n) is 8.16. The summed E-state index contributed by atoms with van der Waals surface area (Å²) in [6.45, 7) is 4.69. The van der Waals surface area contributed by atoms with Crippen LogP contribution in [0.4, 0.5) is 5.82 Å². The molecule has 2 saturated heterocycles. The van der Waals surface area contributed by atoms with Gasteiger partial charge in [-0.2, -0.15) is 0 Å². The van der Waals surface area contributed by atoms with Crippen molar-refractivity contribution in [3.05, 3.63) is 59.3 Å². The Balaban J connectivity index is 1.65. The van der Waals surface area contributed by atoms with E-state index < -0.39 is 5.91 Å². The Hall–Kier alpha value is -2.93. The van der Waals surface area contributed by atoms with E-state index in [4.69, 9.17) is 10.5 Å². The number of benzene rings is 1. The van der Waals surface area contributed by atoms with Crippen molar-refractivity contribution in [1.82, 2.24) is 9.88 Å². The normalized spacial score (nSPS) is 22.9. The van der Waals surface area contributed by atoms with Crippen LogP contribution in [-0.4, -0.2) is 55.0 Å². The zero-order chi connectivity index (χ0) is 21.3. The van der Waals surface area contributed by atoms with Gasteiger partial charge in [-0.15, -0.1) is 0 Å². The Labute approximate surface area is 176 Å². The molecule has 2 amide bonds. The summed E-state index contributed by atoms with van der Waals surface area (Å²) < 4.78 is 5.13. The van der Waals surface area contributed by atoms with Crippen LogP contribution < -0.4 is 10.6 Å². The van der Waals surface area contributed by atoms with E-state index in [0.29, 0.717) is 36.9 Å². The molecule has 3 heterocycles. The van der Waals surface area contributed by atoms with E-state index in [9.17, 15) is 9.59 Å². The molecule has 2 aliphatic heterocycles. The number of carbonyl (C=O) groups excluding carboxylic acids is 2. The molecule has 0 aliphatic carbocycles. The lowest BCUT2D eigenvalue weighted by Gasteiger charge is -2.31. The monoisotopic (exact) mass is 408 g/mol. The van der Waals surface area contributed by atoms with Crippen LogP contribution in [0.5, 0.6) is 0 Å². The molecule has 2 aliphatic rings. The van der Waals surface area contributed by atoms with Crippen molar-refractivity contribution in [2.45, 2.75) is 19.4 Å². The molecule has 0 unspecified atom stereocenters. The summed E-state index contributed by atoms with van der Waals surface area (Å²) in [7, 11) is 1.62. The molecule has 0 radical (unpaired) electrons. The number of pyridine rings is 1. The van der Waals surface area contributed by atoms with Crippen LogP contribution in [-0.2, 0) is 9.53 Å². The maximum Gasteiger partial charge on any atom is 0.252 e. The van der Waals surface area contributed by atoms with Crippen LogP contribution in [0.3, 0.4) is 0 Å². The highest BCUT2D eigenvalue weighted by Crippen LogP contribution is 2.47. The molecule has 2 aromatic rings. The van der Waals surface area contributed by atoms with Gasteiger partial charge < -0.3 is 20.3 Å². The maximum absolute atomic E-state index is 13.0. The molecule has 1 aromatic heterocycles. The van der Waals surface area contributed by atoms with Crippen molar-refractivity contribution >= 4 is 17.6 Å². The first-order valence-electron chi connectivity index (χ1n) is 10.3. The number of hydrogen-bond donors (Lipinski definition) is 1. The quantitative estimate of drug-likeness (QED) is 0.791. The predicted molar refractivity (Wildman–Crippen MR) is 114 cm³/mol. The molecular formula is C23H28N4O3. The molecule has 3 atom stereocenters. The minimum atomic E-state index is -0.470. The van der Waals surface area contributed by atoms with Crippen molar-refractivity contribution in [1.29, 1.82) is 0 Å². The first-order valence-corrected chi connectivity index (χ1v) is 10.3. The average Bonchev–Trinajstić information content (AvgIpc) is 3.30. The number of nitrogens with zero attached hydrogens (tertiary/aromatic N) is 3. The summed E-state index contributed by atoms with van der Waals surface area (Å²) in [6.07, 6.45) is 2.07. The van der Waals surface area contributed by atoms with Gasteiger partial charge in [-0.05, 0) is 30.2 Å². The molecule has 7 heteroatoms. The highest BCUT2D eigenvalue weighted by Gasteiger charge is 2.49. The van der Waals surface area contributed by atoms with E-state index in [2.05, 4.69) is 28.9 Å². The number of aryl methyl sites for hydroxylation is 1. The Morgan fingerprint density at radius 3 is 2.70 bits per heavy atom. The SMILES string of the molecule is COCCC(=O)N1C[C@@H]2CN(c3ncccc3C(N)=O)C[C@@H]2[C@H]1c1ccccc1C. The molecule has 4 rings (SSSR count). The fourth-order valence-corrected chi connectivity index (χ4v) is 4.97. The van der Waals surface area contributed by atoms with Crippen molar-refractivity contribution < 1.29 is 14.3 Å². The number of anilines is 1. The van der Waals surface area contributed by atoms with Crippen LogP contribution in [0, 0.1) is 18.8 Å². The summed E-state index contributed by atoms with van der Waals surface area (Å²) in [5.74, 6) is 0.869. The van der Waals surface area contributed by atoms with Gasteiger partial charge in [0.2, 0.25) is 5.91 Å². The Bertz CT molecular complexity index is 948. The Kier molecular flexibility index (Phi) is 5.72. The Morgan fingerprint density at radius 2 is 1.97 bits per heavy atom. The van der Waals surface area contributed by atoms with Crippen LogP contribution in [0.25, 0.3) is 0 Å². The minimum Gasteiger partial charge on any atom is -0.384 e. The number of likely N-dealkylation sites (tertiary alicyclic amines) is 1. The molecule has 2 fully saturated rings. The van der Waals surface area contributed by atoms with E-state index in [0.717, 1.165) is 13.1 Å².